The van der Waals surface area contributed by atoms with Crippen LogP contribution >= 0.6 is 0 Å². The summed E-state index contributed by atoms with van der Waals surface area (Å²) in [6.45, 7) is -0.354. The van der Waals surface area contributed by atoms with Gasteiger partial charge in [-0.1, -0.05) is 0 Å². The number of halogens is 6. The first-order valence-electron chi connectivity index (χ1n) is 6.29. The lowest BCUT2D eigenvalue weighted by atomic mass is 10.1. The van der Waals surface area contributed by atoms with Crippen LogP contribution < -0.4 is 10.6 Å². The molecule has 1 heterocycles. The number of nitrogens with zero attached hydrogens (tertiary/aromatic N) is 1. The maximum Gasteiger partial charge on any atom is 0.416 e. The molecule has 2 amide bonds. The predicted molar refractivity (Wildman–Crippen MR) is 66.1 cm³/mol. The van der Waals surface area contributed by atoms with Gasteiger partial charge in [0.1, 0.15) is 0 Å². The minimum absolute atomic E-state index is 0.0321. The maximum atomic E-state index is 12.8. The zero-order valence-corrected chi connectivity index (χ0v) is 11.3. The van der Waals surface area contributed by atoms with E-state index in [1.165, 1.54) is 0 Å². The molecule has 0 bridgehead atoms. The summed E-state index contributed by atoms with van der Waals surface area (Å²) in [6.07, 6.45) is -10.4. The molecule has 1 aliphatic heterocycles. The molecule has 0 spiro atoms. The van der Waals surface area contributed by atoms with Crippen molar-refractivity contribution < 1.29 is 35.9 Å². The van der Waals surface area contributed by atoms with Crippen molar-refractivity contribution in [3.8, 4) is 0 Å². The second-order valence-electron chi connectivity index (χ2n) is 5.07. The van der Waals surface area contributed by atoms with Crippen molar-refractivity contribution >= 4 is 17.5 Å². The lowest BCUT2D eigenvalue weighted by molar-refractivity contribution is -0.143. The number of rotatable bonds is 2. The number of carbonyl (C=O) groups is 2. The molecule has 1 aliphatic rings. The average Bonchev–Trinajstić information content (AvgIpc) is 2.78. The van der Waals surface area contributed by atoms with E-state index in [1.807, 2.05) is 0 Å². The highest BCUT2D eigenvalue weighted by Gasteiger charge is 2.40. The second-order valence-corrected chi connectivity index (χ2v) is 5.07. The Morgan fingerprint density at radius 3 is 1.87 bits per heavy atom. The van der Waals surface area contributed by atoms with E-state index in [2.05, 4.69) is 0 Å². The van der Waals surface area contributed by atoms with Crippen LogP contribution in [0.1, 0.15) is 17.5 Å². The van der Waals surface area contributed by atoms with E-state index in [9.17, 15) is 35.9 Å². The third-order valence-corrected chi connectivity index (χ3v) is 3.41. The SMILES string of the molecule is NC(=O)C1CC(=O)N(c2cc(C(F)(F)F)cc(C(F)(F)F)c2)C1. The van der Waals surface area contributed by atoms with E-state index in [1.54, 1.807) is 0 Å². The molecular weight excluding hydrogens is 330 g/mol. The van der Waals surface area contributed by atoms with Crippen molar-refractivity contribution in [1.82, 2.24) is 0 Å². The van der Waals surface area contributed by atoms with Crippen molar-refractivity contribution in [2.45, 2.75) is 18.8 Å². The van der Waals surface area contributed by atoms with Gasteiger partial charge in [0.05, 0.1) is 17.0 Å². The van der Waals surface area contributed by atoms with Crippen LogP contribution in [0.15, 0.2) is 18.2 Å². The van der Waals surface area contributed by atoms with Gasteiger partial charge >= 0.3 is 12.4 Å². The van der Waals surface area contributed by atoms with Crippen LogP contribution in [0.5, 0.6) is 0 Å². The largest absolute Gasteiger partial charge is 0.416 e. The van der Waals surface area contributed by atoms with Crippen LogP contribution in [0.4, 0.5) is 32.0 Å². The minimum atomic E-state index is -5.01. The fourth-order valence-corrected chi connectivity index (χ4v) is 2.24. The van der Waals surface area contributed by atoms with Crippen LogP contribution in [0.2, 0.25) is 0 Å². The Hall–Kier alpha value is -2.26. The molecule has 4 nitrogen and oxygen atoms in total. The van der Waals surface area contributed by atoms with Gasteiger partial charge in [0.25, 0.3) is 0 Å². The van der Waals surface area contributed by atoms with Crippen molar-refractivity contribution in [2.24, 2.45) is 11.7 Å². The quantitative estimate of drug-likeness (QED) is 0.841. The molecule has 0 aromatic heterocycles. The van der Waals surface area contributed by atoms with E-state index < -0.39 is 46.9 Å². The first-order chi connectivity index (χ1) is 10.4. The molecule has 0 radical (unpaired) electrons. The molecule has 1 fully saturated rings. The average molecular weight is 340 g/mol. The lowest BCUT2D eigenvalue weighted by Gasteiger charge is -2.20. The smallest absolute Gasteiger partial charge is 0.369 e. The van der Waals surface area contributed by atoms with Crippen LogP contribution in [-0.2, 0) is 21.9 Å². The monoisotopic (exact) mass is 340 g/mol. The van der Waals surface area contributed by atoms with E-state index in [0.29, 0.717) is 17.0 Å². The Morgan fingerprint density at radius 1 is 1.04 bits per heavy atom. The highest BCUT2D eigenvalue weighted by atomic mass is 19.4. The Kier molecular flexibility index (Phi) is 4.03. The van der Waals surface area contributed by atoms with E-state index in [0.717, 1.165) is 0 Å². The van der Waals surface area contributed by atoms with Gasteiger partial charge < -0.3 is 10.6 Å². The summed E-state index contributed by atoms with van der Waals surface area (Å²) in [5.74, 6) is -2.56. The molecule has 1 aromatic carbocycles. The molecule has 0 aliphatic carbocycles. The third-order valence-electron chi connectivity index (χ3n) is 3.41. The van der Waals surface area contributed by atoms with Gasteiger partial charge in [0.15, 0.2) is 0 Å². The Bertz CT molecular complexity index is 621. The van der Waals surface area contributed by atoms with Crippen LogP contribution in [0, 0.1) is 5.92 Å². The first-order valence-corrected chi connectivity index (χ1v) is 6.29. The summed E-state index contributed by atoms with van der Waals surface area (Å²) in [7, 11) is 0. The summed E-state index contributed by atoms with van der Waals surface area (Å²) in [4.78, 5) is 23.5. The highest BCUT2D eigenvalue weighted by molar-refractivity contribution is 6.00. The van der Waals surface area contributed by atoms with Gasteiger partial charge in [-0.25, -0.2) is 0 Å². The van der Waals surface area contributed by atoms with Crippen LogP contribution in [-0.4, -0.2) is 18.4 Å². The highest BCUT2D eigenvalue weighted by Crippen LogP contribution is 2.39. The molecule has 1 unspecified atom stereocenters. The predicted octanol–water partition coefficient (Wildman–Crippen LogP) is 2.56. The normalized spacial score (nSPS) is 19.3. The third kappa shape index (κ3) is 3.57. The van der Waals surface area contributed by atoms with Gasteiger partial charge in [0.2, 0.25) is 11.8 Å². The fourth-order valence-electron chi connectivity index (χ4n) is 2.24. The Balaban J connectivity index is 2.50. The Morgan fingerprint density at radius 2 is 1.52 bits per heavy atom. The number of benzene rings is 1. The summed E-state index contributed by atoms with van der Waals surface area (Å²) < 4.78 is 76.7. The molecule has 2 N–H and O–H groups in total. The standard InChI is InChI=1S/C13H10F6N2O2/c14-12(15,16)7-2-8(13(17,18)19)4-9(3-7)21-5-6(11(20)23)1-10(21)22/h2-4,6H,1,5H2,(H2,20,23). The van der Waals surface area contributed by atoms with Gasteiger partial charge in [-0.3, -0.25) is 9.59 Å². The molecule has 1 atom stereocenters. The molecule has 1 aromatic rings. The molecule has 1 saturated heterocycles. The van der Waals surface area contributed by atoms with Crippen molar-refractivity contribution in [2.75, 3.05) is 11.4 Å². The summed E-state index contributed by atoms with van der Waals surface area (Å²) in [6, 6.07) is 0.850. The molecular formula is C13H10F6N2O2. The van der Waals surface area contributed by atoms with Gasteiger partial charge in [-0.2, -0.15) is 26.3 Å². The van der Waals surface area contributed by atoms with Crippen LogP contribution in [0.3, 0.4) is 0 Å². The maximum absolute atomic E-state index is 12.8. The van der Waals surface area contributed by atoms with Crippen molar-refractivity contribution in [1.29, 1.82) is 0 Å². The van der Waals surface area contributed by atoms with E-state index in [4.69, 9.17) is 5.73 Å². The number of primary amides is 1. The van der Waals surface area contributed by atoms with Gasteiger partial charge in [0, 0.05) is 18.7 Å². The number of anilines is 1. The molecule has 2 rings (SSSR count). The lowest BCUT2D eigenvalue weighted by Crippen LogP contribution is -2.29. The Labute approximate surface area is 125 Å². The number of nitrogens with two attached hydrogens (primary N) is 1. The topological polar surface area (TPSA) is 63.4 Å². The zero-order valence-electron chi connectivity index (χ0n) is 11.3. The van der Waals surface area contributed by atoms with Gasteiger partial charge in [-0.05, 0) is 18.2 Å². The zero-order chi connectivity index (χ0) is 17.6. The molecule has 23 heavy (non-hydrogen) atoms. The van der Waals surface area contributed by atoms with E-state index >= 15 is 0 Å². The second kappa shape index (κ2) is 5.43. The first kappa shape index (κ1) is 17.1. The number of alkyl halides is 6. The van der Waals surface area contributed by atoms with Crippen molar-refractivity contribution in [3.63, 3.8) is 0 Å². The number of carbonyl (C=O) groups excluding carboxylic acids is 2. The van der Waals surface area contributed by atoms with E-state index in [-0.39, 0.29) is 19.0 Å². The fraction of sp³-hybridized carbons (Fsp3) is 0.385. The number of hydrogen-bond acceptors (Lipinski definition) is 2. The molecule has 10 heteroatoms. The summed E-state index contributed by atoms with van der Waals surface area (Å²) in [5, 5.41) is 0. The number of hydrogen-bond donors (Lipinski definition) is 1. The van der Waals surface area contributed by atoms with Crippen molar-refractivity contribution in [3.05, 3.63) is 29.3 Å². The molecule has 0 saturated carbocycles. The van der Waals surface area contributed by atoms with Crippen LogP contribution in [0.25, 0.3) is 0 Å². The summed E-state index contributed by atoms with van der Waals surface area (Å²) >= 11 is 0. The molecule has 126 valence electrons. The summed E-state index contributed by atoms with van der Waals surface area (Å²) in [5.41, 5.74) is 1.39. The van der Waals surface area contributed by atoms with Gasteiger partial charge in [-0.15, -0.1) is 0 Å². The number of amides is 2. The minimum Gasteiger partial charge on any atom is -0.369 e.